The van der Waals surface area contributed by atoms with E-state index in [-0.39, 0.29) is 30.1 Å². The van der Waals surface area contributed by atoms with E-state index in [1.807, 2.05) is 0 Å². The monoisotopic (exact) mass is 380 g/mol. The van der Waals surface area contributed by atoms with Gasteiger partial charge in [0.15, 0.2) is 21.0 Å². The number of hydrogen-bond donors (Lipinski definition) is 0. The van der Waals surface area contributed by atoms with Gasteiger partial charge in [0.05, 0.1) is 18.1 Å². The van der Waals surface area contributed by atoms with E-state index in [1.165, 1.54) is 12.1 Å². The van der Waals surface area contributed by atoms with E-state index < -0.39 is 39.4 Å². The van der Waals surface area contributed by atoms with Crippen LogP contribution in [0.25, 0.3) is 0 Å². The molecule has 1 aromatic carbocycles. The van der Waals surface area contributed by atoms with Crippen LogP contribution in [-0.4, -0.2) is 39.4 Å². The van der Waals surface area contributed by atoms with Crippen LogP contribution in [0, 0.1) is 5.41 Å². The summed E-state index contributed by atoms with van der Waals surface area (Å²) in [6.07, 6.45) is -0.837. The molecule has 7 nitrogen and oxygen atoms in total. The number of carbonyl (C=O) groups excluding carboxylic acids is 3. The van der Waals surface area contributed by atoms with Crippen molar-refractivity contribution in [3.05, 3.63) is 41.3 Å². The third kappa shape index (κ3) is 3.85. The lowest BCUT2D eigenvalue weighted by Crippen LogP contribution is -2.40. The SMILES string of the molecule is CCOC(=O)C1(C(=O)OCC)CC(=O)/C(=C\S(=O)(=O)c2ccccc2)C1. The second-order valence-electron chi connectivity index (χ2n) is 5.80. The fraction of sp³-hybridized carbons (Fsp3) is 0.389. The first-order valence-electron chi connectivity index (χ1n) is 8.15. The summed E-state index contributed by atoms with van der Waals surface area (Å²) in [6, 6.07) is 7.58. The lowest BCUT2D eigenvalue weighted by molar-refractivity contribution is -0.171. The van der Waals surface area contributed by atoms with Gasteiger partial charge < -0.3 is 9.47 Å². The summed E-state index contributed by atoms with van der Waals surface area (Å²) in [5.74, 6) is -2.36. The molecule has 26 heavy (non-hydrogen) atoms. The molecule has 0 N–H and O–H groups in total. The third-order valence-corrected chi connectivity index (χ3v) is 5.54. The van der Waals surface area contributed by atoms with Crippen molar-refractivity contribution >= 4 is 27.6 Å². The van der Waals surface area contributed by atoms with Crippen LogP contribution in [0.5, 0.6) is 0 Å². The molecule has 1 fully saturated rings. The highest BCUT2D eigenvalue weighted by Gasteiger charge is 2.56. The van der Waals surface area contributed by atoms with Gasteiger partial charge in [-0.3, -0.25) is 14.4 Å². The Kier molecular flexibility index (Phi) is 5.97. The van der Waals surface area contributed by atoms with Gasteiger partial charge in [0.1, 0.15) is 0 Å². The number of esters is 2. The second-order valence-corrected chi connectivity index (χ2v) is 7.60. The molecule has 8 heteroatoms. The quantitative estimate of drug-likeness (QED) is 0.421. The normalized spacial score (nSPS) is 17.9. The van der Waals surface area contributed by atoms with Gasteiger partial charge in [-0.1, -0.05) is 18.2 Å². The maximum Gasteiger partial charge on any atom is 0.324 e. The predicted octanol–water partition coefficient (Wildman–Crippen LogP) is 1.82. The van der Waals surface area contributed by atoms with Gasteiger partial charge in [-0.2, -0.15) is 0 Å². The first-order valence-corrected chi connectivity index (χ1v) is 9.70. The summed E-state index contributed by atoms with van der Waals surface area (Å²) in [7, 11) is -3.89. The first-order chi connectivity index (χ1) is 12.3. The highest BCUT2D eigenvalue weighted by atomic mass is 32.2. The zero-order chi connectivity index (χ0) is 19.4. The lowest BCUT2D eigenvalue weighted by Gasteiger charge is -2.22. The van der Waals surface area contributed by atoms with Crippen LogP contribution in [-0.2, 0) is 33.7 Å². The largest absolute Gasteiger partial charge is 0.465 e. The first kappa shape index (κ1) is 19.8. The van der Waals surface area contributed by atoms with Crippen molar-refractivity contribution in [3.8, 4) is 0 Å². The molecular formula is C18H20O7S. The molecule has 1 saturated carbocycles. The Bertz CT molecular complexity index is 820. The number of ether oxygens (including phenoxy) is 2. The van der Waals surface area contributed by atoms with E-state index in [2.05, 4.69) is 0 Å². The lowest BCUT2D eigenvalue weighted by atomic mass is 9.86. The van der Waals surface area contributed by atoms with E-state index in [1.54, 1.807) is 32.0 Å². The van der Waals surface area contributed by atoms with Crippen LogP contribution >= 0.6 is 0 Å². The van der Waals surface area contributed by atoms with Gasteiger partial charge in [-0.05, 0) is 26.0 Å². The summed E-state index contributed by atoms with van der Waals surface area (Å²) in [6.45, 7) is 3.19. The topological polar surface area (TPSA) is 104 Å². The predicted molar refractivity (Wildman–Crippen MR) is 91.7 cm³/mol. The second kappa shape index (κ2) is 7.82. The maximum absolute atomic E-state index is 12.5. The minimum atomic E-state index is -3.89. The van der Waals surface area contributed by atoms with Crippen molar-refractivity contribution in [2.75, 3.05) is 13.2 Å². The molecule has 0 saturated heterocycles. The fourth-order valence-corrected chi connectivity index (χ4v) is 4.02. The zero-order valence-corrected chi connectivity index (χ0v) is 15.4. The number of benzene rings is 1. The molecule has 0 unspecified atom stereocenters. The van der Waals surface area contributed by atoms with Gasteiger partial charge in [0.25, 0.3) is 0 Å². The Morgan fingerprint density at radius 1 is 1.04 bits per heavy atom. The molecule has 0 atom stereocenters. The number of ketones is 1. The van der Waals surface area contributed by atoms with E-state index in [9.17, 15) is 22.8 Å². The average molecular weight is 380 g/mol. The molecule has 0 bridgehead atoms. The standard InChI is InChI=1S/C18H20O7S/c1-3-24-16(20)18(17(21)25-4-2)10-13(15(19)11-18)12-26(22,23)14-8-6-5-7-9-14/h5-9,12H,3-4,10-11H2,1-2H3/b13-12-. The van der Waals surface area contributed by atoms with Crippen molar-refractivity contribution in [2.24, 2.45) is 5.41 Å². The van der Waals surface area contributed by atoms with E-state index in [0.29, 0.717) is 0 Å². The van der Waals surface area contributed by atoms with Gasteiger partial charge >= 0.3 is 11.9 Å². The third-order valence-electron chi connectivity index (χ3n) is 4.01. The zero-order valence-electron chi connectivity index (χ0n) is 14.6. The molecule has 140 valence electrons. The smallest absolute Gasteiger partial charge is 0.324 e. The Labute approximate surface area is 151 Å². The average Bonchev–Trinajstić information content (AvgIpc) is 2.93. The van der Waals surface area contributed by atoms with Crippen LogP contribution in [0.1, 0.15) is 26.7 Å². The molecule has 0 radical (unpaired) electrons. The number of sulfone groups is 1. The highest BCUT2D eigenvalue weighted by Crippen LogP contribution is 2.42. The van der Waals surface area contributed by atoms with Crippen molar-refractivity contribution in [1.82, 2.24) is 0 Å². The van der Waals surface area contributed by atoms with Gasteiger partial charge in [0, 0.05) is 23.8 Å². The number of rotatable bonds is 6. The minimum absolute atomic E-state index is 0.0186. The summed E-state index contributed by atoms with van der Waals surface area (Å²) >= 11 is 0. The molecule has 1 aliphatic rings. The van der Waals surface area contributed by atoms with E-state index >= 15 is 0 Å². The number of hydrogen-bond acceptors (Lipinski definition) is 7. The molecule has 0 spiro atoms. The molecule has 2 rings (SSSR count). The van der Waals surface area contributed by atoms with E-state index in [4.69, 9.17) is 9.47 Å². The molecule has 0 amide bonds. The number of Topliss-reactive ketones (excluding diaryl/α,β-unsaturated/α-hetero) is 1. The van der Waals surface area contributed by atoms with Crippen LogP contribution in [0.4, 0.5) is 0 Å². The molecule has 0 aromatic heterocycles. The summed E-state index contributed by atoms with van der Waals surface area (Å²) in [5.41, 5.74) is -1.95. The van der Waals surface area contributed by atoms with Crippen molar-refractivity contribution in [1.29, 1.82) is 0 Å². The van der Waals surface area contributed by atoms with Gasteiger partial charge in [0.2, 0.25) is 0 Å². The Morgan fingerprint density at radius 2 is 1.58 bits per heavy atom. The van der Waals surface area contributed by atoms with Crippen molar-refractivity contribution in [3.63, 3.8) is 0 Å². The van der Waals surface area contributed by atoms with Gasteiger partial charge in [-0.15, -0.1) is 0 Å². The maximum atomic E-state index is 12.5. The minimum Gasteiger partial charge on any atom is -0.465 e. The Balaban J connectivity index is 2.43. The molecule has 0 aliphatic heterocycles. The van der Waals surface area contributed by atoms with Gasteiger partial charge in [-0.25, -0.2) is 8.42 Å². The molecule has 1 aliphatic carbocycles. The summed E-state index contributed by atoms with van der Waals surface area (Å²) < 4.78 is 34.8. The van der Waals surface area contributed by atoms with E-state index in [0.717, 1.165) is 5.41 Å². The van der Waals surface area contributed by atoms with Crippen LogP contribution in [0.15, 0.2) is 46.2 Å². The van der Waals surface area contributed by atoms with Crippen molar-refractivity contribution in [2.45, 2.75) is 31.6 Å². The Hall–Kier alpha value is -2.48. The number of carbonyl (C=O) groups is 3. The van der Waals surface area contributed by atoms with Crippen molar-refractivity contribution < 1.29 is 32.3 Å². The fourth-order valence-electron chi connectivity index (χ4n) is 2.76. The molecular weight excluding hydrogens is 360 g/mol. The highest BCUT2D eigenvalue weighted by molar-refractivity contribution is 7.94. The number of allylic oxidation sites excluding steroid dienone is 1. The summed E-state index contributed by atoms with van der Waals surface area (Å²) in [4.78, 5) is 37.1. The molecule has 0 heterocycles. The van der Waals surface area contributed by atoms with Crippen LogP contribution < -0.4 is 0 Å². The van der Waals surface area contributed by atoms with Crippen LogP contribution in [0.3, 0.4) is 0 Å². The summed E-state index contributed by atoms with van der Waals surface area (Å²) in [5, 5.41) is 0.824. The van der Waals surface area contributed by atoms with Crippen LogP contribution in [0.2, 0.25) is 0 Å². The Morgan fingerprint density at radius 3 is 2.08 bits per heavy atom. The molecule has 1 aromatic rings.